The maximum atomic E-state index is 15.4. The molecular weight excluding hydrogens is 1250 g/mol. The van der Waals surface area contributed by atoms with Gasteiger partial charge in [0.2, 0.25) is 0 Å². The van der Waals surface area contributed by atoms with Crippen LogP contribution in [0.4, 0.5) is 45.5 Å². The summed E-state index contributed by atoms with van der Waals surface area (Å²) in [6.07, 6.45) is 0. The molecule has 2 amide bonds. The van der Waals surface area contributed by atoms with Crippen LogP contribution in [-0.2, 0) is 26.1 Å². The Kier molecular flexibility index (Phi) is 15.5. The first-order chi connectivity index (χ1) is 49.0. The summed E-state index contributed by atoms with van der Waals surface area (Å²) in [4.78, 5) is 67.4. The van der Waals surface area contributed by atoms with E-state index in [0.29, 0.717) is 114 Å². The van der Waals surface area contributed by atoms with Gasteiger partial charge in [0.1, 0.15) is 23.0 Å². The highest BCUT2D eigenvalue weighted by Crippen LogP contribution is 2.60. The molecule has 0 fully saturated rings. The van der Waals surface area contributed by atoms with Gasteiger partial charge in [0.05, 0.1) is 22.5 Å². The molecule has 0 aromatic heterocycles. The molecule has 0 aliphatic carbocycles. The van der Waals surface area contributed by atoms with E-state index in [0.717, 1.165) is 56.1 Å². The number of hydrogen-bond acceptors (Lipinski definition) is 10. The van der Waals surface area contributed by atoms with Crippen molar-refractivity contribution >= 4 is 69.3 Å². The second-order valence-electron chi connectivity index (χ2n) is 26.9. The quantitative estimate of drug-likeness (QED) is 0.0974. The van der Waals surface area contributed by atoms with E-state index in [-0.39, 0.29) is 11.8 Å². The fourth-order valence-corrected chi connectivity index (χ4v) is 15.5. The summed E-state index contributed by atoms with van der Waals surface area (Å²) in [6.45, 7) is 18.1. The Hall–Kier alpha value is -12.3. The van der Waals surface area contributed by atoms with Crippen LogP contribution in [0.2, 0.25) is 0 Å². The van der Waals surface area contributed by atoms with Gasteiger partial charge in [-0.05, 0) is 196 Å². The molecular formula is C89H72N4O8. The first-order valence-corrected chi connectivity index (χ1v) is 34.3. The van der Waals surface area contributed by atoms with Gasteiger partial charge >= 0.3 is 11.9 Å². The number of fused-ring (bicyclic) bond motifs is 12. The average molecular weight is 1330 g/mol. The summed E-state index contributed by atoms with van der Waals surface area (Å²) in [5.41, 5.74) is 14.3. The SMILES string of the molecule is CCN(c1ccc2c(c1)Oc1cc(C)c(N(C(=O)c3ccccc3)c3ccc(C(C)(C)c4ccc(N(C(=O)c5ccccc5)c5cc6c(cc5C)Oc5cc(N(CC)c7ccccc7C)ccc5C65OC(=O)c6ccccc65)cc4)cc3)cc1C21OC(=O)c2ccccc21)c1ccccc1C. The largest absolute Gasteiger partial charge is 0.456 e. The molecule has 0 saturated heterocycles. The van der Waals surface area contributed by atoms with Crippen molar-refractivity contribution in [1.82, 2.24) is 0 Å². The molecule has 12 nitrogen and oxygen atoms in total. The highest BCUT2D eigenvalue weighted by Gasteiger charge is 2.56. The van der Waals surface area contributed by atoms with Crippen LogP contribution in [0.25, 0.3) is 0 Å². The number of esters is 2. The molecule has 16 rings (SSSR count). The van der Waals surface area contributed by atoms with E-state index in [2.05, 4.69) is 112 Å². The predicted molar refractivity (Wildman–Crippen MR) is 397 cm³/mol. The molecule has 4 aliphatic rings. The number of amides is 2. The molecule has 496 valence electrons. The summed E-state index contributed by atoms with van der Waals surface area (Å²) in [7, 11) is 0. The Balaban J connectivity index is 0.761. The van der Waals surface area contributed by atoms with Crippen molar-refractivity contribution in [2.24, 2.45) is 0 Å². The van der Waals surface area contributed by atoms with Gasteiger partial charge in [-0.15, -0.1) is 0 Å². The van der Waals surface area contributed by atoms with Gasteiger partial charge in [0.15, 0.2) is 11.2 Å². The summed E-state index contributed by atoms with van der Waals surface area (Å²) in [5, 5.41) is 0. The standard InChI is InChI=1S/C89H72N4O8/c1-9-90(75-35-23-17-25-55(75)3)65-45-47-71-81(51-65)98-79-49-57(5)77(53-73(79)88(71)69-33-21-19-31-67(69)85(96)100-88)92(83(94)59-27-13-11-14-28-59)63-41-37-61(38-42-63)87(7,8)62-39-43-64(44-40-62)93(84(95)60-29-15-12-16-30-60)78-54-74-80(50-58(78)6)99-82-52-66(91(10-2)76-36-24-18-26-56(76)4)46-48-72(82)89(74)70-34-22-20-32-68(70)86(97)101-89/h11-54H,9-10H2,1-8H3. The topological polar surface area (TPSA) is 118 Å². The van der Waals surface area contributed by atoms with Crippen molar-refractivity contribution < 1.29 is 38.1 Å². The zero-order valence-corrected chi connectivity index (χ0v) is 57.4. The minimum absolute atomic E-state index is 0.260. The van der Waals surface area contributed by atoms with Crippen LogP contribution < -0.4 is 29.1 Å². The second-order valence-corrected chi connectivity index (χ2v) is 26.9. The van der Waals surface area contributed by atoms with Gasteiger partial charge < -0.3 is 28.7 Å². The lowest BCUT2D eigenvalue weighted by molar-refractivity contribution is 0.0214. The number of anilines is 8. The summed E-state index contributed by atoms with van der Waals surface area (Å²) < 4.78 is 27.5. The van der Waals surface area contributed by atoms with Crippen LogP contribution in [0, 0.1) is 27.7 Å². The van der Waals surface area contributed by atoms with Crippen molar-refractivity contribution in [2.75, 3.05) is 32.7 Å². The molecule has 12 aromatic rings. The molecule has 2 spiro atoms. The molecule has 0 saturated carbocycles. The first-order valence-electron chi connectivity index (χ1n) is 34.3. The number of para-hydroxylation sites is 2. The monoisotopic (exact) mass is 1320 g/mol. The fraction of sp³-hybridized carbons (Fsp3) is 0.146. The zero-order chi connectivity index (χ0) is 69.6. The summed E-state index contributed by atoms with van der Waals surface area (Å²) in [5.74, 6) is 0.686. The van der Waals surface area contributed by atoms with Crippen LogP contribution in [-0.4, -0.2) is 36.8 Å². The van der Waals surface area contributed by atoms with E-state index in [1.807, 2.05) is 208 Å². The Morgan fingerprint density at radius 2 is 0.693 bits per heavy atom. The van der Waals surface area contributed by atoms with Crippen molar-refractivity contribution in [3.8, 4) is 23.0 Å². The van der Waals surface area contributed by atoms with E-state index < -0.39 is 28.6 Å². The Labute approximate surface area is 587 Å². The van der Waals surface area contributed by atoms with Crippen molar-refractivity contribution in [3.05, 3.63) is 356 Å². The minimum Gasteiger partial charge on any atom is -0.456 e. The maximum absolute atomic E-state index is 15.4. The molecule has 0 radical (unpaired) electrons. The molecule has 101 heavy (non-hydrogen) atoms. The molecule has 2 unspecified atom stereocenters. The Morgan fingerprint density at radius 1 is 0.347 bits per heavy atom. The number of carbonyl (C=O) groups excluding carboxylic acids is 4. The second kappa shape index (κ2) is 24.6. The highest BCUT2D eigenvalue weighted by molar-refractivity contribution is 6.13. The van der Waals surface area contributed by atoms with Crippen LogP contribution in [0.15, 0.2) is 267 Å². The Bertz CT molecular complexity index is 5030. The third kappa shape index (κ3) is 10.2. The molecule has 0 bridgehead atoms. The van der Waals surface area contributed by atoms with Crippen molar-refractivity contribution in [1.29, 1.82) is 0 Å². The first kappa shape index (κ1) is 63.5. The normalized spacial score (nSPS) is 15.7. The van der Waals surface area contributed by atoms with Gasteiger partial charge in [-0.1, -0.05) is 147 Å². The van der Waals surface area contributed by atoms with Crippen molar-refractivity contribution in [3.63, 3.8) is 0 Å². The highest BCUT2D eigenvalue weighted by atomic mass is 16.6. The number of benzene rings is 12. The summed E-state index contributed by atoms with van der Waals surface area (Å²) >= 11 is 0. The molecule has 4 aliphatic heterocycles. The minimum atomic E-state index is -1.43. The lowest BCUT2D eigenvalue weighted by Gasteiger charge is -2.38. The van der Waals surface area contributed by atoms with E-state index in [1.54, 1.807) is 21.9 Å². The van der Waals surface area contributed by atoms with Gasteiger partial charge in [-0.2, -0.15) is 0 Å². The maximum Gasteiger partial charge on any atom is 0.340 e. The van der Waals surface area contributed by atoms with Crippen LogP contribution in [0.3, 0.4) is 0 Å². The number of hydrogen-bond donors (Lipinski definition) is 0. The molecule has 12 aromatic carbocycles. The number of aryl methyl sites for hydroxylation is 4. The van der Waals surface area contributed by atoms with E-state index >= 15 is 9.59 Å². The number of carbonyl (C=O) groups is 4. The lowest BCUT2D eigenvalue weighted by atomic mass is 9.77. The number of rotatable bonds is 14. The summed E-state index contributed by atoms with van der Waals surface area (Å²) in [6, 6.07) is 86.1. The van der Waals surface area contributed by atoms with Gasteiger partial charge in [0, 0.05) is 109 Å². The van der Waals surface area contributed by atoms with Gasteiger partial charge in [-0.25, -0.2) is 9.59 Å². The van der Waals surface area contributed by atoms with E-state index in [9.17, 15) is 9.59 Å². The lowest BCUT2D eigenvalue weighted by Crippen LogP contribution is -2.34. The van der Waals surface area contributed by atoms with E-state index in [1.165, 1.54) is 0 Å². The number of nitrogens with zero attached hydrogens (tertiary/aromatic N) is 4. The van der Waals surface area contributed by atoms with Crippen LogP contribution in [0.1, 0.15) is 136 Å². The molecule has 2 atom stereocenters. The third-order valence-electron chi connectivity index (χ3n) is 20.7. The molecule has 12 heteroatoms. The van der Waals surface area contributed by atoms with Crippen LogP contribution in [0.5, 0.6) is 23.0 Å². The number of ether oxygens (including phenoxy) is 4. The van der Waals surface area contributed by atoms with Crippen LogP contribution >= 0.6 is 0 Å². The van der Waals surface area contributed by atoms with Gasteiger partial charge in [-0.3, -0.25) is 19.4 Å². The Morgan fingerprint density at radius 3 is 1.08 bits per heavy atom. The van der Waals surface area contributed by atoms with Crippen molar-refractivity contribution in [2.45, 2.75) is 72.0 Å². The zero-order valence-electron chi connectivity index (χ0n) is 57.4. The molecule has 4 heterocycles. The van der Waals surface area contributed by atoms with Gasteiger partial charge in [0.25, 0.3) is 11.8 Å². The molecule has 0 N–H and O–H groups in total. The average Bonchev–Trinajstić information content (AvgIpc) is 1.61. The van der Waals surface area contributed by atoms with E-state index in [4.69, 9.17) is 18.9 Å². The fourth-order valence-electron chi connectivity index (χ4n) is 15.5. The predicted octanol–water partition coefficient (Wildman–Crippen LogP) is 20.7. The smallest absolute Gasteiger partial charge is 0.340 e. The third-order valence-corrected chi connectivity index (χ3v) is 20.7.